The number of aromatic nitrogens is 1. The second kappa shape index (κ2) is 5.36. The van der Waals surface area contributed by atoms with Crippen LogP contribution in [0.15, 0.2) is 0 Å². The highest BCUT2D eigenvalue weighted by molar-refractivity contribution is 7.17. The number of morpholine rings is 1. The summed E-state index contributed by atoms with van der Waals surface area (Å²) in [6.07, 6.45) is 1.14. The SMILES string of the molecule is CC1CN(c2nc(C(C)C)c(C=O)s2)C(C)CO1. The van der Waals surface area contributed by atoms with Crippen LogP contribution in [-0.4, -0.2) is 36.6 Å². The van der Waals surface area contributed by atoms with Gasteiger partial charge in [0.15, 0.2) is 11.4 Å². The molecule has 2 rings (SSSR count). The Morgan fingerprint density at radius 2 is 2.22 bits per heavy atom. The summed E-state index contributed by atoms with van der Waals surface area (Å²) in [6, 6.07) is 0.312. The summed E-state index contributed by atoms with van der Waals surface area (Å²) in [5, 5.41) is 0.948. The van der Waals surface area contributed by atoms with Gasteiger partial charge in [0.1, 0.15) is 0 Å². The highest BCUT2D eigenvalue weighted by Gasteiger charge is 2.27. The first-order chi connectivity index (χ1) is 8.52. The average Bonchev–Trinajstić information content (AvgIpc) is 2.76. The first-order valence-corrected chi connectivity index (χ1v) is 7.18. The monoisotopic (exact) mass is 268 g/mol. The highest BCUT2D eigenvalue weighted by Crippen LogP contribution is 2.31. The van der Waals surface area contributed by atoms with Gasteiger partial charge in [0, 0.05) is 6.54 Å². The number of hydrogen-bond donors (Lipinski definition) is 0. The number of hydrogen-bond acceptors (Lipinski definition) is 5. The van der Waals surface area contributed by atoms with Crippen molar-refractivity contribution in [2.75, 3.05) is 18.1 Å². The van der Waals surface area contributed by atoms with Crippen molar-refractivity contribution in [2.45, 2.75) is 45.8 Å². The molecule has 1 aromatic rings. The van der Waals surface area contributed by atoms with Crippen LogP contribution in [0, 0.1) is 0 Å². The average molecular weight is 268 g/mol. The van der Waals surface area contributed by atoms with E-state index in [1.165, 1.54) is 11.3 Å². The Morgan fingerprint density at radius 1 is 1.50 bits per heavy atom. The minimum atomic E-state index is 0.215. The summed E-state index contributed by atoms with van der Waals surface area (Å²) < 4.78 is 5.62. The molecule has 2 atom stereocenters. The Kier molecular flexibility index (Phi) is 4.02. The van der Waals surface area contributed by atoms with Gasteiger partial charge in [0.25, 0.3) is 0 Å². The highest BCUT2D eigenvalue weighted by atomic mass is 32.1. The molecule has 1 fully saturated rings. The van der Waals surface area contributed by atoms with Crippen LogP contribution in [0.2, 0.25) is 0 Å². The topological polar surface area (TPSA) is 42.4 Å². The fourth-order valence-electron chi connectivity index (χ4n) is 2.12. The number of carbonyl (C=O) groups is 1. The summed E-state index contributed by atoms with van der Waals surface area (Å²) in [6.45, 7) is 9.88. The van der Waals surface area contributed by atoms with E-state index in [9.17, 15) is 4.79 Å². The number of rotatable bonds is 3. The lowest BCUT2D eigenvalue weighted by Crippen LogP contribution is -2.47. The number of ether oxygens (including phenoxy) is 1. The first-order valence-electron chi connectivity index (χ1n) is 6.37. The second-order valence-corrected chi connectivity index (χ2v) is 6.17. The summed E-state index contributed by atoms with van der Waals surface area (Å²) in [5.74, 6) is 0.281. The molecule has 5 heteroatoms. The summed E-state index contributed by atoms with van der Waals surface area (Å²) in [7, 11) is 0. The van der Waals surface area contributed by atoms with Gasteiger partial charge in [0.05, 0.1) is 29.3 Å². The van der Waals surface area contributed by atoms with E-state index in [1.807, 2.05) is 0 Å². The molecule has 0 N–H and O–H groups in total. The van der Waals surface area contributed by atoms with E-state index in [0.717, 1.165) is 28.5 Å². The molecule has 0 radical (unpaired) electrons. The van der Waals surface area contributed by atoms with Gasteiger partial charge in [-0.15, -0.1) is 0 Å². The molecule has 1 saturated heterocycles. The van der Waals surface area contributed by atoms with Gasteiger partial charge in [-0.25, -0.2) is 4.98 Å². The molecule has 1 aliphatic rings. The Labute approximate surface area is 112 Å². The quantitative estimate of drug-likeness (QED) is 0.790. The smallest absolute Gasteiger partial charge is 0.186 e. The van der Waals surface area contributed by atoms with Crippen molar-refractivity contribution >= 4 is 22.8 Å². The van der Waals surface area contributed by atoms with Crippen molar-refractivity contribution in [2.24, 2.45) is 0 Å². The van der Waals surface area contributed by atoms with Gasteiger partial charge in [-0.2, -0.15) is 0 Å². The van der Waals surface area contributed by atoms with Crippen LogP contribution in [0.5, 0.6) is 0 Å². The number of thiazole rings is 1. The molecular weight excluding hydrogens is 248 g/mol. The van der Waals surface area contributed by atoms with Crippen molar-refractivity contribution in [1.82, 2.24) is 4.98 Å². The normalized spacial score (nSPS) is 24.6. The van der Waals surface area contributed by atoms with Crippen molar-refractivity contribution < 1.29 is 9.53 Å². The van der Waals surface area contributed by atoms with Gasteiger partial charge >= 0.3 is 0 Å². The van der Waals surface area contributed by atoms with Gasteiger partial charge in [-0.3, -0.25) is 4.79 Å². The number of carbonyl (C=O) groups excluding carboxylic acids is 1. The molecular formula is C13H20N2O2S. The van der Waals surface area contributed by atoms with Crippen molar-refractivity contribution in [3.63, 3.8) is 0 Å². The van der Waals surface area contributed by atoms with Crippen LogP contribution in [-0.2, 0) is 4.74 Å². The van der Waals surface area contributed by atoms with Crippen LogP contribution in [0.1, 0.15) is 49.0 Å². The third kappa shape index (κ3) is 2.57. The third-order valence-electron chi connectivity index (χ3n) is 3.18. The molecule has 0 aromatic carbocycles. The Balaban J connectivity index is 2.29. The molecule has 2 unspecified atom stereocenters. The fourth-order valence-corrected chi connectivity index (χ4v) is 3.27. The van der Waals surface area contributed by atoms with Gasteiger partial charge < -0.3 is 9.64 Å². The Bertz CT molecular complexity index is 431. The predicted molar refractivity (Wildman–Crippen MR) is 73.8 cm³/mol. The van der Waals surface area contributed by atoms with Gasteiger partial charge in [-0.05, 0) is 19.8 Å². The molecule has 1 aromatic heterocycles. The molecule has 0 saturated carbocycles. The van der Waals surface area contributed by atoms with Crippen LogP contribution < -0.4 is 4.90 Å². The molecule has 0 spiro atoms. The van der Waals surface area contributed by atoms with Gasteiger partial charge in [0.2, 0.25) is 0 Å². The molecule has 2 heterocycles. The van der Waals surface area contributed by atoms with E-state index in [4.69, 9.17) is 4.74 Å². The van der Waals surface area contributed by atoms with E-state index in [0.29, 0.717) is 12.6 Å². The summed E-state index contributed by atoms with van der Waals surface area (Å²) in [5.41, 5.74) is 0.913. The maximum Gasteiger partial charge on any atom is 0.186 e. The second-order valence-electron chi connectivity index (χ2n) is 5.16. The number of anilines is 1. The lowest BCUT2D eigenvalue weighted by atomic mass is 10.1. The number of nitrogens with zero attached hydrogens (tertiary/aromatic N) is 2. The van der Waals surface area contributed by atoms with E-state index in [2.05, 4.69) is 37.6 Å². The minimum absolute atomic E-state index is 0.215. The first kappa shape index (κ1) is 13.5. The molecule has 0 bridgehead atoms. The van der Waals surface area contributed by atoms with Crippen LogP contribution >= 0.6 is 11.3 Å². The van der Waals surface area contributed by atoms with Crippen LogP contribution in [0.4, 0.5) is 5.13 Å². The molecule has 100 valence electrons. The molecule has 0 aliphatic carbocycles. The molecule has 18 heavy (non-hydrogen) atoms. The van der Waals surface area contributed by atoms with E-state index >= 15 is 0 Å². The lowest BCUT2D eigenvalue weighted by Gasteiger charge is -2.36. The van der Waals surface area contributed by atoms with Crippen molar-refractivity contribution in [3.8, 4) is 0 Å². The Morgan fingerprint density at radius 3 is 2.78 bits per heavy atom. The zero-order valence-electron chi connectivity index (χ0n) is 11.3. The molecule has 1 aliphatic heterocycles. The van der Waals surface area contributed by atoms with Crippen molar-refractivity contribution in [3.05, 3.63) is 10.6 Å². The zero-order chi connectivity index (χ0) is 13.3. The van der Waals surface area contributed by atoms with Crippen molar-refractivity contribution in [1.29, 1.82) is 0 Å². The van der Waals surface area contributed by atoms with E-state index < -0.39 is 0 Å². The third-order valence-corrected chi connectivity index (χ3v) is 4.21. The largest absolute Gasteiger partial charge is 0.375 e. The maximum absolute atomic E-state index is 11.1. The fraction of sp³-hybridized carbons (Fsp3) is 0.692. The lowest BCUT2D eigenvalue weighted by molar-refractivity contribution is 0.0343. The molecule has 4 nitrogen and oxygen atoms in total. The zero-order valence-corrected chi connectivity index (χ0v) is 12.2. The van der Waals surface area contributed by atoms with Crippen LogP contribution in [0.3, 0.4) is 0 Å². The maximum atomic E-state index is 11.1. The van der Waals surface area contributed by atoms with Crippen LogP contribution in [0.25, 0.3) is 0 Å². The predicted octanol–water partition coefficient (Wildman–Crippen LogP) is 2.69. The van der Waals surface area contributed by atoms with E-state index in [-0.39, 0.29) is 12.0 Å². The van der Waals surface area contributed by atoms with Gasteiger partial charge in [-0.1, -0.05) is 25.2 Å². The Hall–Kier alpha value is -0.940. The van der Waals surface area contributed by atoms with E-state index in [1.54, 1.807) is 0 Å². The molecule has 0 amide bonds. The summed E-state index contributed by atoms with van der Waals surface area (Å²) >= 11 is 1.49. The minimum Gasteiger partial charge on any atom is -0.375 e. The number of aldehydes is 1. The standard InChI is InChI=1S/C13H20N2O2S/c1-8(2)12-11(6-16)18-13(14-12)15-5-10(4)17-7-9(15)3/h6,8-10H,5,7H2,1-4H3. The summed E-state index contributed by atoms with van der Waals surface area (Å²) in [4.78, 5) is 18.8.